The van der Waals surface area contributed by atoms with Gasteiger partial charge in [0.1, 0.15) is 55.4 Å². The van der Waals surface area contributed by atoms with Crippen LogP contribution in [-0.2, 0) is 37.4 Å². The SMILES string of the molecule is Cc1nc(-c2ccc3c(c2)CCC3(C)C)nc(C)c1C(=O)NC(CCN)C(=O)N(C)[C@@H]1C(=O)N[C@@H](C)C(=O)N[C@H](C(=O)NCC#N)Cc2ccc(OCCN)c(c2)-c2cc1ccc2OCCN. The minimum atomic E-state index is -1.40. The van der Waals surface area contributed by atoms with Gasteiger partial charge in [-0.05, 0) is 105 Å². The lowest BCUT2D eigenvalue weighted by atomic mass is 9.86. The Morgan fingerprint density at radius 2 is 1.57 bits per heavy atom. The first-order valence-corrected chi connectivity index (χ1v) is 22.5. The van der Waals surface area contributed by atoms with Gasteiger partial charge in [-0.3, -0.25) is 24.0 Å². The molecule has 18 heteroatoms. The molecule has 5 amide bonds. The highest BCUT2D eigenvalue weighted by atomic mass is 16.5. The van der Waals surface area contributed by atoms with Gasteiger partial charge in [-0.2, -0.15) is 5.26 Å². The van der Waals surface area contributed by atoms with E-state index in [0.29, 0.717) is 51.0 Å². The van der Waals surface area contributed by atoms with Gasteiger partial charge in [-0.1, -0.05) is 38.1 Å². The third kappa shape index (κ3) is 11.2. The topological polar surface area (TPSA) is 283 Å². The van der Waals surface area contributed by atoms with E-state index in [2.05, 4.69) is 47.2 Å². The summed E-state index contributed by atoms with van der Waals surface area (Å²) in [6, 6.07) is 13.3. The van der Waals surface area contributed by atoms with Crippen molar-refractivity contribution in [2.45, 2.75) is 89.9 Å². The molecule has 354 valence electrons. The molecule has 0 fully saturated rings. The summed E-state index contributed by atoms with van der Waals surface area (Å²) in [4.78, 5) is 81.4. The monoisotopic (exact) mass is 915 g/mol. The lowest BCUT2D eigenvalue weighted by Gasteiger charge is -2.32. The van der Waals surface area contributed by atoms with E-state index < -0.39 is 53.7 Å². The molecule has 0 saturated carbocycles. The summed E-state index contributed by atoms with van der Waals surface area (Å²) >= 11 is 0. The molecule has 1 unspecified atom stereocenters. The van der Waals surface area contributed by atoms with Gasteiger partial charge in [0.15, 0.2) is 5.82 Å². The number of ether oxygens (including phenoxy) is 2. The number of nitrogens with zero attached hydrogens (tertiary/aromatic N) is 4. The van der Waals surface area contributed by atoms with Crippen molar-refractivity contribution in [3.63, 3.8) is 0 Å². The normalized spacial score (nSPS) is 17.9. The smallest absolute Gasteiger partial charge is 0.255 e. The fourth-order valence-corrected chi connectivity index (χ4v) is 8.72. The molecule has 1 aliphatic carbocycles. The van der Waals surface area contributed by atoms with Crippen LogP contribution in [0, 0.1) is 25.2 Å². The van der Waals surface area contributed by atoms with Crippen molar-refractivity contribution in [1.29, 1.82) is 5.26 Å². The number of rotatable bonds is 15. The second-order valence-electron chi connectivity index (χ2n) is 17.5. The van der Waals surface area contributed by atoms with Gasteiger partial charge in [0.2, 0.25) is 23.6 Å². The minimum Gasteiger partial charge on any atom is -0.492 e. The van der Waals surface area contributed by atoms with E-state index in [1.165, 1.54) is 30.0 Å². The largest absolute Gasteiger partial charge is 0.492 e. The number of carbonyl (C=O) groups is 5. The van der Waals surface area contributed by atoms with Crippen molar-refractivity contribution in [3.8, 4) is 40.1 Å². The maximum Gasteiger partial charge on any atom is 0.255 e. The zero-order valence-corrected chi connectivity index (χ0v) is 39.0. The van der Waals surface area contributed by atoms with Gasteiger partial charge in [-0.15, -0.1) is 0 Å². The lowest BCUT2D eigenvalue weighted by molar-refractivity contribution is -0.141. The Morgan fingerprint density at radius 3 is 2.21 bits per heavy atom. The van der Waals surface area contributed by atoms with E-state index in [1.54, 1.807) is 50.2 Å². The molecular formula is C49H61N11O7. The van der Waals surface area contributed by atoms with Gasteiger partial charge < -0.3 is 52.8 Å². The van der Waals surface area contributed by atoms with Crippen LogP contribution in [-0.4, -0.2) is 109 Å². The maximum atomic E-state index is 14.8. The summed E-state index contributed by atoms with van der Waals surface area (Å²) in [6.07, 6.45) is 2.01. The molecule has 2 heterocycles. The van der Waals surface area contributed by atoms with Crippen molar-refractivity contribution < 1.29 is 33.4 Å². The minimum absolute atomic E-state index is 0.00317. The third-order valence-electron chi connectivity index (χ3n) is 12.2. The molecule has 0 spiro atoms. The van der Waals surface area contributed by atoms with E-state index >= 15 is 0 Å². The Hall–Kier alpha value is -6.94. The fourth-order valence-electron chi connectivity index (χ4n) is 8.72. The van der Waals surface area contributed by atoms with Crippen molar-refractivity contribution in [1.82, 2.24) is 36.1 Å². The molecule has 0 saturated heterocycles. The lowest BCUT2D eigenvalue weighted by Crippen LogP contribution is -2.56. The zero-order valence-electron chi connectivity index (χ0n) is 39.0. The van der Waals surface area contributed by atoms with Crippen LogP contribution in [0.2, 0.25) is 0 Å². The second kappa shape index (κ2) is 21.6. The van der Waals surface area contributed by atoms with Crippen LogP contribution in [0.25, 0.3) is 22.5 Å². The zero-order chi connectivity index (χ0) is 48.6. The molecular weight excluding hydrogens is 855 g/mol. The Morgan fingerprint density at radius 1 is 0.910 bits per heavy atom. The van der Waals surface area contributed by atoms with Gasteiger partial charge in [-0.25, -0.2) is 9.97 Å². The molecule has 4 atom stereocenters. The van der Waals surface area contributed by atoms with Crippen LogP contribution in [0.15, 0.2) is 54.6 Å². The first-order chi connectivity index (χ1) is 32.0. The average Bonchev–Trinajstić information content (AvgIpc) is 3.61. The van der Waals surface area contributed by atoms with Crippen molar-refractivity contribution >= 4 is 29.5 Å². The predicted molar refractivity (Wildman–Crippen MR) is 252 cm³/mol. The summed E-state index contributed by atoms with van der Waals surface area (Å²) in [5, 5.41) is 20.0. The molecule has 1 aromatic heterocycles. The van der Waals surface area contributed by atoms with Gasteiger partial charge in [0.05, 0.1) is 23.0 Å². The number of fused-ring (bicyclic) bond motifs is 6. The molecule has 4 aromatic rings. The Bertz CT molecular complexity index is 2550. The number of likely N-dealkylation sites (N-methyl/N-ethyl adjacent to an activating group) is 1. The number of hydrogen-bond donors (Lipinski definition) is 7. The Kier molecular flexibility index (Phi) is 15.9. The number of nitriles is 1. The van der Waals surface area contributed by atoms with E-state index in [4.69, 9.17) is 36.6 Å². The first kappa shape index (κ1) is 49.5. The van der Waals surface area contributed by atoms with Crippen molar-refractivity contribution in [2.24, 2.45) is 17.2 Å². The number of amides is 5. The van der Waals surface area contributed by atoms with Gasteiger partial charge in [0.25, 0.3) is 5.91 Å². The quantitative estimate of drug-likeness (QED) is 0.0844. The molecule has 0 radical (unpaired) electrons. The highest BCUT2D eigenvalue weighted by molar-refractivity contribution is 6.00. The first-order valence-electron chi connectivity index (χ1n) is 22.5. The van der Waals surface area contributed by atoms with Gasteiger partial charge >= 0.3 is 0 Å². The van der Waals surface area contributed by atoms with E-state index in [9.17, 15) is 29.2 Å². The maximum absolute atomic E-state index is 14.8. The molecule has 18 nitrogen and oxygen atoms in total. The van der Waals surface area contributed by atoms with Crippen LogP contribution in [0.4, 0.5) is 0 Å². The Balaban J connectivity index is 1.38. The highest BCUT2D eigenvalue weighted by Gasteiger charge is 2.37. The van der Waals surface area contributed by atoms with Crippen LogP contribution < -0.4 is 47.9 Å². The van der Waals surface area contributed by atoms with Crippen LogP contribution in [0.5, 0.6) is 11.5 Å². The third-order valence-corrected chi connectivity index (χ3v) is 12.2. The number of aryl methyl sites for hydroxylation is 3. The predicted octanol–water partition coefficient (Wildman–Crippen LogP) is 2.16. The van der Waals surface area contributed by atoms with Crippen molar-refractivity contribution in [2.75, 3.05) is 46.4 Å². The molecule has 10 N–H and O–H groups in total. The Labute approximate surface area is 390 Å². The molecule has 6 rings (SSSR count). The van der Waals surface area contributed by atoms with Crippen LogP contribution >= 0.6 is 0 Å². The average molecular weight is 916 g/mol. The molecule has 1 aliphatic heterocycles. The fraction of sp³-hybridized carbons (Fsp3) is 0.429. The van der Waals surface area contributed by atoms with Crippen LogP contribution in [0.3, 0.4) is 0 Å². The summed E-state index contributed by atoms with van der Waals surface area (Å²) < 4.78 is 12.2. The molecule has 4 bridgehead atoms. The molecule has 2 aliphatic rings. The standard InChI is InChI=1S/C49H61N11O7/c1-27-41(28(2)56-43(55-27)33-8-10-36-31(25-33)13-15-49(36,4)5)46(63)58-37(14-16-50)48(65)60(6)42-32-9-12-40(67-22-19-53)35(26-32)34-23-30(7-11-39(34)66-21-18-52)24-38(45(62)54-20-17-51)59-44(61)29(3)57-47(42)64/h7-12,23,25-26,29,37-38,42H,13-16,18-22,24,50,52-53H2,1-6H3,(H,54,62)(H,57,64)(H,58,63)(H,59,61)/t29-,37?,38-,42-/m0/s1. The number of benzene rings is 3. The van der Waals surface area contributed by atoms with E-state index in [1.807, 2.05) is 12.1 Å². The number of aromatic nitrogens is 2. The summed E-state index contributed by atoms with van der Waals surface area (Å²) in [6.45, 7) is 9.72. The summed E-state index contributed by atoms with van der Waals surface area (Å²) in [5.74, 6) is -2.06. The number of nitrogens with two attached hydrogens (primary N) is 3. The number of nitrogens with one attached hydrogen (secondary N) is 4. The van der Waals surface area contributed by atoms with Crippen LogP contribution in [0.1, 0.15) is 83.7 Å². The molecule has 3 aromatic carbocycles. The van der Waals surface area contributed by atoms with Gasteiger partial charge in [0, 0.05) is 43.2 Å². The van der Waals surface area contributed by atoms with E-state index in [-0.39, 0.29) is 63.2 Å². The number of hydrogen-bond acceptors (Lipinski definition) is 13. The number of carbonyl (C=O) groups excluding carboxylic acids is 5. The summed E-state index contributed by atoms with van der Waals surface area (Å²) in [7, 11) is 1.42. The summed E-state index contributed by atoms with van der Waals surface area (Å²) in [5.41, 5.74) is 24.1. The van der Waals surface area contributed by atoms with Crippen molar-refractivity contribution in [3.05, 3.63) is 93.8 Å². The molecule has 67 heavy (non-hydrogen) atoms. The highest BCUT2D eigenvalue weighted by Crippen LogP contribution is 2.41. The second-order valence-corrected chi connectivity index (χ2v) is 17.5. The van der Waals surface area contributed by atoms with E-state index in [0.717, 1.165) is 18.4 Å².